The van der Waals surface area contributed by atoms with Crippen molar-refractivity contribution in [3.63, 3.8) is 0 Å². The van der Waals surface area contributed by atoms with Crippen molar-refractivity contribution in [3.8, 4) is 11.3 Å². The van der Waals surface area contributed by atoms with Gasteiger partial charge < -0.3 is 10.2 Å². The molecule has 3 aromatic rings. The lowest BCUT2D eigenvalue weighted by molar-refractivity contribution is 0.0935. The van der Waals surface area contributed by atoms with E-state index in [-0.39, 0.29) is 35.6 Å². The first-order chi connectivity index (χ1) is 12.9. The van der Waals surface area contributed by atoms with Crippen molar-refractivity contribution >= 4 is 17.4 Å². The molecule has 0 aliphatic carbocycles. The van der Waals surface area contributed by atoms with Crippen LogP contribution in [0, 0.1) is 17.6 Å². The van der Waals surface area contributed by atoms with E-state index in [4.69, 9.17) is 21.8 Å². The summed E-state index contributed by atoms with van der Waals surface area (Å²) in [7, 11) is 1.76. The van der Waals surface area contributed by atoms with Gasteiger partial charge in [-0.2, -0.15) is 5.10 Å². The summed E-state index contributed by atoms with van der Waals surface area (Å²) in [5.74, 6) is -2.21. The van der Waals surface area contributed by atoms with E-state index in [9.17, 15) is 13.6 Å². The van der Waals surface area contributed by atoms with Crippen LogP contribution in [0.4, 0.5) is 8.78 Å². The monoisotopic (exact) mass is 393 g/mol. The molecule has 1 atom stereocenters. The summed E-state index contributed by atoms with van der Waals surface area (Å²) in [5.41, 5.74) is 7.63. The van der Waals surface area contributed by atoms with E-state index in [2.05, 4.69) is 5.10 Å². The van der Waals surface area contributed by atoms with Gasteiger partial charge in [-0.15, -0.1) is 0 Å². The number of aryl methyl sites for hydroxylation is 1. The number of Topliss-reactive ketones (excluding diaryl/α,β-unsaturated/α-hetero) is 1. The molecule has 142 valence electrons. The number of aromatic nitrogens is 2. The third-order valence-electron chi connectivity index (χ3n) is 4.37. The van der Waals surface area contributed by atoms with Gasteiger partial charge in [-0.3, -0.25) is 9.48 Å². The van der Waals surface area contributed by atoms with Crippen LogP contribution in [0.25, 0.3) is 11.3 Å². The predicted octanol–water partition coefficient (Wildman–Crippen LogP) is 4.00. The lowest BCUT2D eigenvalue weighted by atomic mass is 9.93. The largest absolute Gasteiger partial charge is 0.441 e. The zero-order valence-electron chi connectivity index (χ0n) is 14.6. The molecule has 0 unspecified atom stereocenters. The number of hydrogen-bond acceptors (Lipinski definition) is 4. The third-order valence-corrected chi connectivity index (χ3v) is 4.65. The Morgan fingerprint density at radius 2 is 2.07 bits per heavy atom. The Morgan fingerprint density at radius 3 is 2.70 bits per heavy atom. The Balaban J connectivity index is 1.73. The number of hydrogen-bond donors (Lipinski definition) is 1. The zero-order chi connectivity index (χ0) is 19.6. The standard InChI is InChI=1S/C19H18ClF2N3O2/c1-25-16(4-5-24-25)13-9-18(27-19(13)20)17(26)8-12(10-23)6-11-2-3-14(21)15(22)7-11/h2-5,7,9,12H,6,8,10,23H2,1H3/t12-/m1/s1. The van der Waals surface area contributed by atoms with Crippen LogP contribution >= 0.6 is 11.6 Å². The minimum atomic E-state index is -0.923. The smallest absolute Gasteiger partial charge is 0.203 e. The maximum Gasteiger partial charge on any atom is 0.203 e. The van der Waals surface area contributed by atoms with Crippen molar-refractivity contribution in [1.29, 1.82) is 0 Å². The van der Waals surface area contributed by atoms with Gasteiger partial charge in [0.2, 0.25) is 5.22 Å². The summed E-state index contributed by atoms with van der Waals surface area (Å²) < 4.78 is 33.4. The highest BCUT2D eigenvalue weighted by Gasteiger charge is 2.21. The first-order valence-corrected chi connectivity index (χ1v) is 8.71. The maximum absolute atomic E-state index is 13.4. The molecule has 2 heterocycles. The van der Waals surface area contributed by atoms with Gasteiger partial charge in [-0.25, -0.2) is 8.78 Å². The zero-order valence-corrected chi connectivity index (χ0v) is 15.3. The second-order valence-electron chi connectivity index (χ2n) is 6.32. The van der Waals surface area contributed by atoms with Crippen LogP contribution in [0.2, 0.25) is 5.22 Å². The van der Waals surface area contributed by atoms with Crippen LogP contribution in [0.15, 0.2) is 40.9 Å². The number of halogens is 3. The average molecular weight is 394 g/mol. The van der Waals surface area contributed by atoms with Crippen LogP contribution in [0.3, 0.4) is 0 Å². The Morgan fingerprint density at radius 1 is 1.30 bits per heavy atom. The molecule has 0 aliphatic rings. The summed E-state index contributed by atoms with van der Waals surface area (Å²) in [6.07, 6.45) is 2.07. The number of ketones is 1. The molecule has 1 aromatic carbocycles. The lowest BCUT2D eigenvalue weighted by Gasteiger charge is -2.13. The SMILES string of the molecule is Cn1nccc1-c1cc(C(=O)C[C@H](CN)Cc2ccc(F)c(F)c2)oc1Cl. The highest BCUT2D eigenvalue weighted by Crippen LogP contribution is 2.31. The molecule has 5 nitrogen and oxygen atoms in total. The van der Waals surface area contributed by atoms with Gasteiger partial charge in [0.05, 0.1) is 11.3 Å². The summed E-state index contributed by atoms with van der Waals surface area (Å²) in [6, 6.07) is 7.00. The van der Waals surface area contributed by atoms with Crippen LogP contribution in [-0.4, -0.2) is 22.1 Å². The minimum absolute atomic E-state index is 0.101. The fraction of sp³-hybridized carbons (Fsp3) is 0.263. The van der Waals surface area contributed by atoms with Crippen molar-refractivity contribution in [2.45, 2.75) is 12.8 Å². The fourth-order valence-corrected chi connectivity index (χ4v) is 3.16. The molecular weight excluding hydrogens is 376 g/mol. The Hall–Kier alpha value is -2.51. The summed E-state index contributed by atoms with van der Waals surface area (Å²) in [6.45, 7) is 0.216. The maximum atomic E-state index is 13.4. The van der Waals surface area contributed by atoms with E-state index in [1.54, 1.807) is 30.1 Å². The van der Waals surface area contributed by atoms with E-state index < -0.39 is 11.6 Å². The number of benzene rings is 1. The van der Waals surface area contributed by atoms with Gasteiger partial charge in [0.15, 0.2) is 23.2 Å². The van der Waals surface area contributed by atoms with Crippen LogP contribution in [0.5, 0.6) is 0 Å². The first-order valence-electron chi connectivity index (χ1n) is 8.34. The summed E-state index contributed by atoms with van der Waals surface area (Å²) in [5, 5.41) is 4.17. The van der Waals surface area contributed by atoms with Crippen LogP contribution in [0.1, 0.15) is 22.5 Å². The molecule has 0 fully saturated rings. The van der Waals surface area contributed by atoms with E-state index in [0.29, 0.717) is 17.5 Å². The quantitative estimate of drug-likeness (QED) is 0.616. The van der Waals surface area contributed by atoms with Gasteiger partial charge in [0, 0.05) is 19.7 Å². The molecule has 0 amide bonds. The predicted molar refractivity (Wildman–Crippen MR) is 97.5 cm³/mol. The Bertz CT molecular complexity index is 968. The van der Waals surface area contributed by atoms with Crippen molar-refractivity contribution in [1.82, 2.24) is 9.78 Å². The molecule has 8 heteroatoms. The Kier molecular flexibility index (Phi) is 5.72. The molecule has 2 aromatic heterocycles. The van der Waals surface area contributed by atoms with E-state index in [0.717, 1.165) is 17.8 Å². The van der Waals surface area contributed by atoms with Gasteiger partial charge in [-0.1, -0.05) is 6.07 Å². The molecule has 0 spiro atoms. The fourth-order valence-electron chi connectivity index (χ4n) is 2.92. The van der Waals surface area contributed by atoms with E-state index in [1.807, 2.05) is 0 Å². The minimum Gasteiger partial charge on any atom is -0.441 e. The highest BCUT2D eigenvalue weighted by atomic mass is 35.5. The lowest BCUT2D eigenvalue weighted by Crippen LogP contribution is -2.20. The number of rotatable bonds is 7. The number of nitrogens with zero attached hydrogens (tertiary/aromatic N) is 2. The van der Waals surface area contributed by atoms with Crippen LogP contribution < -0.4 is 5.73 Å². The van der Waals surface area contributed by atoms with Gasteiger partial charge in [0.25, 0.3) is 0 Å². The summed E-state index contributed by atoms with van der Waals surface area (Å²) >= 11 is 6.12. The molecule has 3 rings (SSSR count). The molecule has 2 N–H and O–H groups in total. The third kappa shape index (κ3) is 4.26. The van der Waals surface area contributed by atoms with Crippen molar-refractivity contribution in [2.24, 2.45) is 18.7 Å². The molecule has 27 heavy (non-hydrogen) atoms. The number of furan rings is 1. The van der Waals surface area contributed by atoms with E-state index in [1.165, 1.54) is 6.07 Å². The topological polar surface area (TPSA) is 74.0 Å². The van der Waals surface area contributed by atoms with E-state index >= 15 is 0 Å². The van der Waals surface area contributed by atoms with Gasteiger partial charge >= 0.3 is 0 Å². The number of nitrogens with two attached hydrogens (primary N) is 1. The molecule has 0 bridgehead atoms. The first kappa shape index (κ1) is 19.3. The van der Waals surface area contributed by atoms with Crippen molar-refractivity contribution in [3.05, 3.63) is 64.7 Å². The van der Waals surface area contributed by atoms with Crippen LogP contribution in [-0.2, 0) is 13.5 Å². The average Bonchev–Trinajstić information content (AvgIpc) is 3.22. The van der Waals surface area contributed by atoms with Crippen molar-refractivity contribution in [2.75, 3.05) is 6.54 Å². The molecule has 0 aliphatic heterocycles. The van der Waals surface area contributed by atoms with Crippen molar-refractivity contribution < 1.29 is 18.0 Å². The highest BCUT2D eigenvalue weighted by molar-refractivity contribution is 6.31. The Labute approximate surface area is 159 Å². The molecule has 0 saturated carbocycles. The molecular formula is C19H18ClF2N3O2. The summed E-state index contributed by atoms with van der Waals surface area (Å²) in [4.78, 5) is 12.6. The molecule has 0 saturated heterocycles. The normalized spacial score (nSPS) is 12.3. The van der Waals surface area contributed by atoms with Gasteiger partial charge in [-0.05, 0) is 60.3 Å². The second-order valence-corrected chi connectivity index (χ2v) is 6.66. The molecule has 0 radical (unpaired) electrons. The number of carbonyl (C=O) groups excluding carboxylic acids is 1. The number of carbonyl (C=O) groups is 1. The second kappa shape index (κ2) is 8.02. The van der Waals surface area contributed by atoms with Gasteiger partial charge in [0.1, 0.15) is 0 Å².